The Morgan fingerprint density at radius 1 is 1.29 bits per heavy atom. The number of hydrogen-bond donors (Lipinski definition) is 1. The number of hydrogen-bond acceptors (Lipinski definition) is 2. The summed E-state index contributed by atoms with van der Waals surface area (Å²) in [5.74, 6) is 0. The van der Waals surface area contributed by atoms with Gasteiger partial charge in [-0.3, -0.25) is 4.90 Å². The summed E-state index contributed by atoms with van der Waals surface area (Å²) < 4.78 is 0. The van der Waals surface area contributed by atoms with Gasteiger partial charge in [-0.25, -0.2) is 0 Å². The quantitative estimate of drug-likeness (QED) is 0.831. The first-order valence-corrected chi connectivity index (χ1v) is 6.66. The van der Waals surface area contributed by atoms with E-state index < -0.39 is 0 Å². The van der Waals surface area contributed by atoms with Gasteiger partial charge in [0, 0.05) is 18.2 Å². The van der Waals surface area contributed by atoms with E-state index in [1.165, 1.54) is 31.2 Å². The predicted octanol–water partition coefficient (Wildman–Crippen LogP) is 2.70. The van der Waals surface area contributed by atoms with Crippen LogP contribution in [0, 0.1) is 0 Å². The lowest BCUT2D eigenvalue weighted by Gasteiger charge is -2.24. The molecule has 0 atom stereocenters. The van der Waals surface area contributed by atoms with Crippen molar-refractivity contribution in [2.45, 2.75) is 38.3 Å². The van der Waals surface area contributed by atoms with Crippen LogP contribution in [0.4, 0.5) is 0 Å². The van der Waals surface area contributed by atoms with Crippen molar-refractivity contribution < 1.29 is 0 Å². The van der Waals surface area contributed by atoms with E-state index in [1.807, 2.05) is 12.1 Å². The van der Waals surface area contributed by atoms with E-state index >= 15 is 0 Å². The van der Waals surface area contributed by atoms with E-state index in [4.69, 9.17) is 18.0 Å². The average molecular weight is 248 g/mol. The van der Waals surface area contributed by atoms with Crippen molar-refractivity contribution in [1.82, 2.24) is 4.90 Å². The van der Waals surface area contributed by atoms with E-state index in [0.717, 1.165) is 18.2 Å². The molecule has 1 aromatic rings. The predicted molar refractivity (Wildman–Crippen MR) is 76.1 cm³/mol. The minimum absolute atomic E-state index is 0.473. The van der Waals surface area contributed by atoms with Gasteiger partial charge >= 0.3 is 0 Å². The molecule has 2 rings (SSSR count). The molecule has 0 amide bonds. The van der Waals surface area contributed by atoms with Crippen molar-refractivity contribution in [3.05, 3.63) is 35.4 Å². The van der Waals surface area contributed by atoms with Crippen molar-refractivity contribution in [1.29, 1.82) is 0 Å². The monoisotopic (exact) mass is 248 g/mol. The molecule has 1 aliphatic rings. The Morgan fingerprint density at radius 2 is 1.88 bits per heavy atom. The van der Waals surface area contributed by atoms with Gasteiger partial charge in [0.25, 0.3) is 0 Å². The molecule has 0 unspecified atom stereocenters. The number of nitrogens with zero attached hydrogens (tertiary/aromatic N) is 1. The van der Waals surface area contributed by atoms with Crippen LogP contribution in [-0.4, -0.2) is 23.0 Å². The third kappa shape index (κ3) is 3.27. The lowest BCUT2D eigenvalue weighted by Crippen LogP contribution is -2.28. The second kappa shape index (κ2) is 5.61. The van der Waals surface area contributed by atoms with Gasteiger partial charge < -0.3 is 5.73 Å². The van der Waals surface area contributed by atoms with Crippen LogP contribution in [-0.2, 0) is 6.54 Å². The molecule has 0 spiro atoms. The molecule has 17 heavy (non-hydrogen) atoms. The van der Waals surface area contributed by atoms with Gasteiger partial charge in [-0.05, 0) is 25.5 Å². The van der Waals surface area contributed by atoms with Crippen LogP contribution < -0.4 is 5.73 Å². The Hall–Kier alpha value is -0.930. The highest BCUT2D eigenvalue weighted by atomic mass is 32.1. The molecule has 2 N–H and O–H groups in total. The summed E-state index contributed by atoms with van der Waals surface area (Å²) in [6.45, 7) is 1.02. The number of benzene rings is 1. The van der Waals surface area contributed by atoms with E-state index in [9.17, 15) is 0 Å². The van der Waals surface area contributed by atoms with Gasteiger partial charge in [0.2, 0.25) is 0 Å². The highest BCUT2D eigenvalue weighted by Gasteiger charge is 2.19. The minimum atomic E-state index is 0.473. The molecule has 0 saturated heterocycles. The molecule has 1 aliphatic carbocycles. The summed E-state index contributed by atoms with van der Waals surface area (Å²) in [7, 11) is 2.22. The van der Waals surface area contributed by atoms with E-state index in [1.54, 1.807) is 0 Å². The molecule has 2 nitrogen and oxygen atoms in total. The second-order valence-electron chi connectivity index (χ2n) is 4.91. The van der Waals surface area contributed by atoms with Gasteiger partial charge in [-0.1, -0.05) is 49.3 Å². The van der Waals surface area contributed by atoms with E-state index in [2.05, 4.69) is 24.1 Å². The first kappa shape index (κ1) is 12.5. The van der Waals surface area contributed by atoms with Crippen LogP contribution in [0.2, 0.25) is 0 Å². The van der Waals surface area contributed by atoms with Crippen molar-refractivity contribution in [2.24, 2.45) is 5.73 Å². The van der Waals surface area contributed by atoms with Gasteiger partial charge in [0.1, 0.15) is 4.99 Å². The maximum absolute atomic E-state index is 5.59. The third-order valence-corrected chi connectivity index (χ3v) is 3.85. The van der Waals surface area contributed by atoms with Gasteiger partial charge in [0.05, 0.1) is 0 Å². The van der Waals surface area contributed by atoms with Gasteiger partial charge in [-0.15, -0.1) is 0 Å². The molecule has 0 bridgehead atoms. The Bertz CT molecular complexity index is 380. The lowest BCUT2D eigenvalue weighted by atomic mass is 10.1. The van der Waals surface area contributed by atoms with Crippen LogP contribution in [0.25, 0.3) is 0 Å². The summed E-state index contributed by atoms with van der Waals surface area (Å²) in [5.41, 5.74) is 7.87. The zero-order valence-corrected chi connectivity index (χ0v) is 11.2. The summed E-state index contributed by atoms with van der Waals surface area (Å²) in [6.07, 6.45) is 5.47. The fraction of sp³-hybridized carbons (Fsp3) is 0.500. The van der Waals surface area contributed by atoms with Gasteiger partial charge in [-0.2, -0.15) is 0 Å². The molecular weight excluding hydrogens is 228 g/mol. The highest BCUT2D eigenvalue weighted by molar-refractivity contribution is 7.80. The summed E-state index contributed by atoms with van der Waals surface area (Å²) in [4.78, 5) is 2.93. The number of nitrogens with two attached hydrogens (primary N) is 1. The zero-order valence-electron chi connectivity index (χ0n) is 10.4. The topological polar surface area (TPSA) is 29.3 Å². The molecule has 1 fully saturated rings. The second-order valence-corrected chi connectivity index (χ2v) is 5.35. The minimum Gasteiger partial charge on any atom is -0.389 e. The number of rotatable bonds is 4. The van der Waals surface area contributed by atoms with E-state index in [0.29, 0.717) is 4.99 Å². The first-order valence-electron chi connectivity index (χ1n) is 6.26. The maximum Gasteiger partial charge on any atom is 0.103 e. The summed E-state index contributed by atoms with van der Waals surface area (Å²) in [6, 6.07) is 9.05. The lowest BCUT2D eigenvalue weighted by molar-refractivity contribution is 0.237. The normalized spacial score (nSPS) is 16.6. The molecule has 1 saturated carbocycles. The fourth-order valence-corrected chi connectivity index (χ4v) is 2.67. The summed E-state index contributed by atoms with van der Waals surface area (Å²) in [5, 5.41) is 0. The van der Waals surface area contributed by atoms with Crippen LogP contribution in [0.1, 0.15) is 36.8 Å². The van der Waals surface area contributed by atoms with Crippen molar-refractivity contribution in [3.8, 4) is 0 Å². The molecule has 0 aromatic heterocycles. The molecule has 1 aromatic carbocycles. The fourth-order valence-electron chi connectivity index (χ4n) is 2.54. The molecule has 0 radical (unpaired) electrons. The average Bonchev–Trinajstić information content (AvgIpc) is 2.83. The van der Waals surface area contributed by atoms with Crippen LogP contribution in [0.5, 0.6) is 0 Å². The molecular formula is C14H20N2S. The SMILES string of the molecule is CN(Cc1ccc(C(N)=S)cc1)C1CCCC1. The maximum atomic E-state index is 5.59. The zero-order chi connectivity index (χ0) is 12.3. The first-order chi connectivity index (χ1) is 8.16. The molecule has 0 heterocycles. The van der Waals surface area contributed by atoms with Crippen molar-refractivity contribution >= 4 is 17.2 Å². The Labute approximate surface area is 109 Å². The van der Waals surface area contributed by atoms with Crippen LogP contribution >= 0.6 is 12.2 Å². The Balaban J connectivity index is 1.96. The molecule has 92 valence electrons. The van der Waals surface area contributed by atoms with Crippen LogP contribution in [0.3, 0.4) is 0 Å². The Kier molecular flexibility index (Phi) is 4.13. The third-order valence-electron chi connectivity index (χ3n) is 3.62. The molecule has 3 heteroatoms. The van der Waals surface area contributed by atoms with Gasteiger partial charge in [0.15, 0.2) is 0 Å². The standard InChI is InChI=1S/C14H20N2S/c1-16(13-4-2-3-5-13)10-11-6-8-12(9-7-11)14(15)17/h6-9,13H,2-5,10H2,1H3,(H2,15,17). The smallest absolute Gasteiger partial charge is 0.103 e. The Morgan fingerprint density at radius 3 is 2.41 bits per heavy atom. The summed E-state index contributed by atoms with van der Waals surface area (Å²) >= 11 is 4.95. The molecule has 0 aliphatic heterocycles. The largest absolute Gasteiger partial charge is 0.389 e. The number of thiocarbonyl (C=S) groups is 1. The highest BCUT2D eigenvalue weighted by Crippen LogP contribution is 2.23. The van der Waals surface area contributed by atoms with E-state index in [-0.39, 0.29) is 0 Å². The van der Waals surface area contributed by atoms with Crippen molar-refractivity contribution in [2.75, 3.05) is 7.05 Å². The van der Waals surface area contributed by atoms with Crippen molar-refractivity contribution in [3.63, 3.8) is 0 Å². The van der Waals surface area contributed by atoms with Crippen LogP contribution in [0.15, 0.2) is 24.3 Å².